The summed E-state index contributed by atoms with van der Waals surface area (Å²) in [6, 6.07) is 0. The minimum Gasteiger partial charge on any atom is -0.107 e. The largest absolute Gasteiger partial charge is 0.107 e. The Bertz CT molecular complexity index is 6.85. The number of halogens is 1. The van der Waals surface area contributed by atoms with Crippen molar-refractivity contribution in [3.05, 3.63) is 0 Å². The summed E-state index contributed by atoms with van der Waals surface area (Å²) < 4.78 is 0. The molecule has 0 saturated heterocycles. The predicted molar refractivity (Wildman–Crippen MR) is 15.4 cm³/mol. The maximum absolute atomic E-state index is 0. The summed E-state index contributed by atoms with van der Waals surface area (Å²) in [5, 5.41) is 0. The minimum atomic E-state index is 0. The van der Waals surface area contributed by atoms with Crippen LogP contribution in [0.15, 0.2) is 0 Å². The van der Waals surface area contributed by atoms with Crippen LogP contribution in [0.4, 0.5) is 0 Å². The number of rotatable bonds is 0. The molecule has 0 heterocycles. The van der Waals surface area contributed by atoms with Gasteiger partial charge in [-0.25, -0.2) is 0 Å². The van der Waals surface area contributed by atoms with Crippen LogP contribution in [0.1, 0.15) is 0 Å². The van der Waals surface area contributed by atoms with Crippen molar-refractivity contribution in [1.29, 1.82) is 0 Å². The van der Waals surface area contributed by atoms with Crippen molar-refractivity contribution in [2.45, 2.75) is 0 Å². The third kappa shape index (κ3) is 17.6. The molecule has 0 nitrogen and oxygen atoms in total. The molecule has 0 rings (SSSR count). The predicted octanol–water partition coefficient (Wildman–Crippen LogP) is 0.616. The van der Waals surface area contributed by atoms with Gasteiger partial charge in [-0.05, 0) is 0 Å². The van der Waals surface area contributed by atoms with Crippen LogP contribution in [0, 0.1) is 121 Å². The molecule has 0 fully saturated rings. The average Bonchev–Trinajstić information content (AvgIpc) is 0. The molecule has 0 bridgehead atoms. The molecule has 5 heteroatoms. The van der Waals surface area contributed by atoms with E-state index in [9.17, 15) is 0 Å². The van der Waals surface area contributed by atoms with E-state index in [1.54, 1.807) is 0 Å². The van der Waals surface area contributed by atoms with Gasteiger partial charge in [0.1, 0.15) is 0 Å². The van der Waals surface area contributed by atoms with E-state index in [1.807, 2.05) is 0 Å². The molecule has 0 aliphatic carbocycles. The van der Waals surface area contributed by atoms with Crippen LogP contribution in [0.25, 0.3) is 0 Å². The van der Waals surface area contributed by atoms with Gasteiger partial charge in [0.25, 0.3) is 0 Å². The topological polar surface area (TPSA) is 0 Å². The third-order valence-electron chi connectivity index (χ3n) is 0. The van der Waals surface area contributed by atoms with E-state index in [-0.39, 0.29) is 163 Å². The van der Waals surface area contributed by atoms with Crippen LogP contribution in [-0.2, 0) is 17.4 Å². The van der Waals surface area contributed by atoms with Gasteiger partial charge in [0, 0.05) is 139 Å². The van der Waals surface area contributed by atoms with E-state index in [4.69, 9.17) is 0 Å². The van der Waals surface area contributed by atoms with Crippen molar-refractivity contribution in [2.24, 2.45) is 0 Å². The Kier molecular flexibility index (Phi) is 145. The fourth-order valence-electron chi connectivity index (χ4n) is 0. The summed E-state index contributed by atoms with van der Waals surface area (Å²) in [6.45, 7) is 0. The smallest absolute Gasteiger partial charge is 0 e. The Morgan fingerprint density at radius 3 is 0.600 bits per heavy atom. The minimum absolute atomic E-state index is 0. The molecule has 0 spiro atoms. The van der Waals surface area contributed by atoms with E-state index in [1.165, 1.54) is 0 Å². The summed E-state index contributed by atoms with van der Waals surface area (Å²) in [4.78, 5) is 0. The van der Waals surface area contributed by atoms with E-state index in [2.05, 4.69) is 0 Å². The van der Waals surface area contributed by atoms with Gasteiger partial charge < -0.3 is 0 Å². The molecule has 5 heavy (non-hydrogen) atoms. The molecule has 0 saturated carbocycles. The quantitative estimate of drug-likeness (QED) is 0.345. The van der Waals surface area contributed by atoms with Crippen LogP contribution >= 0.6 is 24.0 Å². The van der Waals surface area contributed by atoms with Crippen molar-refractivity contribution in [3.8, 4) is 0 Å². The summed E-state index contributed by atoms with van der Waals surface area (Å²) >= 11 is 0. The van der Waals surface area contributed by atoms with Gasteiger partial charge in [-0.3, -0.25) is 0 Å². The number of hydrogen-bond donors (Lipinski definition) is 0. The molecule has 0 aromatic heterocycles. The van der Waals surface area contributed by atoms with Crippen LogP contribution in [-0.4, -0.2) is 0 Å². The van der Waals surface area contributed by atoms with Crippen molar-refractivity contribution < 1.29 is 139 Å². The van der Waals surface area contributed by atoms with Gasteiger partial charge >= 0.3 is 0 Å². The van der Waals surface area contributed by atoms with Gasteiger partial charge in [0.2, 0.25) is 0 Å². The molecular weight excluding hydrogens is 630 g/mol. The summed E-state index contributed by atoms with van der Waals surface area (Å²) in [6.07, 6.45) is 0. The second-order valence-corrected chi connectivity index (χ2v) is 0. The van der Waals surface area contributed by atoms with Gasteiger partial charge in [-0.2, -0.15) is 0 Å². The first-order valence-electron chi connectivity index (χ1n) is 0. The molecule has 0 atom stereocenters. The average molecular weight is 631 g/mol. The molecule has 0 unspecified atom stereocenters. The molecule has 0 aliphatic rings. The maximum atomic E-state index is 0. The monoisotopic (exact) mass is 636 g/mol. The Morgan fingerprint density at radius 2 is 0.600 bits per heavy atom. The summed E-state index contributed by atoms with van der Waals surface area (Å²) in [5.41, 5.74) is 0. The molecular formula is HCrISm3. The molecule has 0 aliphatic heterocycles. The van der Waals surface area contributed by atoms with Crippen molar-refractivity contribution in [3.63, 3.8) is 0 Å². The Morgan fingerprint density at radius 1 is 0.600 bits per heavy atom. The molecule has 0 aromatic rings. The van der Waals surface area contributed by atoms with E-state index in [0.29, 0.717) is 0 Å². The molecule has 0 amide bonds. The van der Waals surface area contributed by atoms with Crippen molar-refractivity contribution >= 4 is 24.0 Å². The Labute approximate surface area is 157 Å². The van der Waals surface area contributed by atoms with Gasteiger partial charge in [-0.1, -0.05) is 0 Å². The Hall–Kier alpha value is 5.28. The van der Waals surface area contributed by atoms with Crippen molar-refractivity contribution in [1.82, 2.24) is 0 Å². The SMILES string of the molecule is I.[Cr].[Sm].[Sm].[Sm]. The maximum Gasteiger partial charge on any atom is 0 e. The van der Waals surface area contributed by atoms with Crippen LogP contribution in [0.2, 0.25) is 0 Å². The van der Waals surface area contributed by atoms with Gasteiger partial charge in [0.05, 0.1) is 0 Å². The van der Waals surface area contributed by atoms with E-state index < -0.39 is 0 Å². The van der Waals surface area contributed by atoms with Crippen LogP contribution in [0.3, 0.4) is 0 Å². The number of hydrogen-bond acceptors (Lipinski definition) is 0. The van der Waals surface area contributed by atoms with Crippen molar-refractivity contribution in [2.75, 3.05) is 0 Å². The Balaban J connectivity index is 0. The first kappa shape index (κ1) is 31.8. The third-order valence-corrected chi connectivity index (χ3v) is 0. The fraction of sp³-hybridized carbons (Fsp3) is 0. The zero-order valence-electron chi connectivity index (χ0n) is 2.04. The normalized spacial score (nSPS) is 0. The molecule has 0 aromatic carbocycles. The second kappa shape index (κ2) is 22.8. The fourth-order valence-corrected chi connectivity index (χ4v) is 0. The van der Waals surface area contributed by atoms with E-state index in [0.717, 1.165) is 0 Å². The first-order chi connectivity index (χ1) is 0. The zero-order valence-corrected chi connectivity index (χ0v) is 13.5. The van der Waals surface area contributed by atoms with E-state index >= 15 is 0 Å². The zero-order chi connectivity index (χ0) is 0. The van der Waals surface area contributed by atoms with Crippen LogP contribution in [0.5, 0.6) is 0 Å². The molecule has 32 valence electrons. The second-order valence-electron chi connectivity index (χ2n) is 0. The van der Waals surface area contributed by atoms with Gasteiger partial charge in [0.15, 0.2) is 0 Å². The molecule has 0 radical (unpaired) electrons. The molecule has 0 N–H and O–H groups in total. The standard InChI is InChI=1S/Cr.HI.3Sm/h;1H;;;. The summed E-state index contributed by atoms with van der Waals surface area (Å²) in [7, 11) is 0. The first-order valence-corrected chi connectivity index (χ1v) is 0. The van der Waals surface area contributed by atoms with Crippen LogP contribution < -0.4 is 0 Å². The van der Waals surface area contributed by atoms with Gasteiger partial charge in [-0.15, -0.1) is 24.0 Å². The summed E-state index contributed by atoms with van der Waals surface area (Å²) in [5.74, 6) is 0.